The van der Waals surface area contributed by atoms with Crippen LogP contribution < -0.4 is 0 Å². The van der Waals surface area contributed by atoms with Gasteiger partial charge in [0.1, 0.15) is 6.61 Å². The maximum absolute atomic E-state index is 12.3. The van der Waals surface area contributed by atoms with Crippen LogP contribution in [0.3, 0.4) is 0 Å². The molecular formula is C38H67O9P. The molecule has 0 aliphatic heterocycles. The van der Waals surface area contributed by atoms with Gasteiger partial charge in [0.25, 0.3) is 0 Å². The first-order chi connectivity index (χ1) is 23.2. The molecule has 0 bridgehead atoms. The molecule has 2 atom stereocenters. The zero-order valence-corrected chi connectivity index (χ0v) is 30.9. The van der Waals surface area contributed by atoms with E-state index in [1.165, 1.54) is 38.5 Å². The highest BCUT2D eigenvalue weighted by Gasteiger charge is 2.22. The van der Waals surface area contributed by atoms with E-state index in [0.717, 1.165) is 70.1 Å². The topological polar surface area (TPSA) is 140 Å². The molecule has 0 aromatic carbocycles. The van der Waals surface area contributed by atoms with E-state index in [4.69, 9.17) is 24.4 Å². The average molecular weight is 699 g/mol. The molecular weight excluding hydrogens is 631 g/mol. The van der Waals surface area contributed by atoms with Crippen LogP contribution in [-0.2, 0) is 28.2 Å². The number of unbranched alkanes of at least 4 members (excludes halogenated alkanes) is 11. The van der Waals surface area contributed by atoms with Gasteiger partial charge < -0.3 is 24.4 Å². The lowest BCUT2D eigenvalue weighted by atomic mass is 9.99. The molecule has 0 aromatic rings. The lowest BCUT2D eigenvalue weighted by Gasteiger charge is -2.18. The number of carbonyl (C=O) groups is 2. The van der Waals surface area contributed by atoms with Gasteiger partial charge in [0.05, 0.1) is 6.61 Å². The highest BCUT2D eigenvalue weighted by Crippen LogP contribution is 2.36. The van der Waals surface area contributed by atoms with Crippen LogP contribution >= 0.6 is 7.82 Å². The summed E-state index contributed by atoms with van der Waals surface area (Å²) in [6.07, 6.45) is 35.7. The van der Waals surface area contributed by atoms with Crippen molar-refractivity contribution in [1.82, 2.24) is 0 Å². The predicted octanol–water partition coefficient (Wildman–Crippen LogP) is 9.62. The monoisotopic (exact) mass is 698 g/mol. The smallest absolute Gasteiger partial charge is 0.462 e. The molecule has 0 rings (SSSR count). The van der Waals surface area contributed by atoms with Gasteiger partial charge in [0.15, 0.2) is 6.10 Å². The first kappa shape index (κ1) is 46.0. The summed E-state index contributed by atoms with van der Waals surface area (Å²) in [4.78, 5) is 42.6. The molecule has 0 heterocycles. The molecule has 48 heavy (non-hydrogen) atoms. The largest absolute Gasteiger partial charge is 0.469 e. The molecule has 10 heteroatoms. The van der Waals surface area contributed by atoms with Crippen molar-refractivity contribution >= 4 is 19.8 Å². The van der Waals surface area contributed by atoms with Crippen LogP contribution in [0.15, 0.2) is 48.6 Å². The van der Waals surface area contributed by atoms with Crippen molar-refractivity contribution in [2.75, 3.05) is 19.8 Å². The van der Waals surface area contributed by atoms with E-state index in [1.807, 2.05) is 6.08 Å². The minimum atomic E-state index is -4.77. The van der Waals surface area contributed by atoms with Crippen LogP contribution in [0, 0.1) is 5.92 Å². The van der Waals surface area contributed by atoms with Gasteiger partial charge in [-0.05, 0) is 63.7 Å². The quantitative estimate of drug-likeness (QED) is 0.0265. The zero-order valence-electron chi connectivity index (χ0n) is 30.0. The summed E-state index contributed by atoms with van der Waals surface area (Å²) in [5.74, 6) is -0.156. The second-order valence-corrected chi connectivity index (χ2v) is 13.8. The third-order valence-electron chi connectivity index (χ3n) is 7.95. The normalized spacial score (nSPS) is 13.7. The van der Waals surface area contributed by atoms with Gasteiger partial charge in [-0.25, -0.2) is 4.57 Å². The Morgan fingerprint density at radius 2 is 1.15 bits per heavy atom. The molecule has 0 saturated carbocycles. The lowest BCUT2D eigenvalue weighted by molar-refractivity contribution is -0.161. The first-order valence-corrected chi connectivity index (χ1v) is 20.0. The summed E-state index contributed by atoms with van der Waals surface area (Å²) in [6, 6.07) is 0. The fourth-order valence-electron chi connectivity index (χ4n) is 4.79. The van der Waals surface area contributed by atoms with E-state index in [2.05, 4.69) is 60.9 Å². The van der Waals surface area contributed by atoms with Gasteiger partial charge in [-0.2, -0.15) is 0 Å². The summed E-state index contributed by atoms with van der Waals surface area (Å²) in [5, 5.41) is 8.76. The van der Waals surface area contributed by atoms with E-state index in [1.54, 1.807) is 0 Å². The fraction of sp³-hybridized carbons (Fsp3) is 0.737. The number of carbonyl (C=O) groups excluding carboxylic acids is 2. The number of esters is 2. The maximum atomic E-state index is 12.3. The molecule has 0 saturated heterocycles. The fourth-order valence-corrected chi connectivity index (χ4v) is 5.15. The number of rotatable bonds is 33. The maximum Gasteiger partial charge on any atom is 0.469 e. The molecule has 0 aliphatic rings. The second kappa shape index (κ2) is 33.5. The van der Waals surface area contributed by atoms with E-state index in [-0.39, 0.29) is 26.1 Å². The minimum Gasteiger partial charge on any atom is -0.462 e. The van der Waals surface area contributed by atoms with Gasteiger partial charge in [0.2, 0.25) is 0 Å². The molecule has 1 unspecified atom stereocenters. The SMILES string of the molecule is CCC(C)CCCCCCCCCCC(=O)O[C@H](COC(=O)CCC/C=C\C/C=C\C/C=C\C/C=C\CCCCCO)COP(=O)(O)O. The van der Waals surface area contributed by atoms with E-state index < -0.39 is 32.5 Å². The Bertz CT molecular complexity index is 938. The van der Waals surface area contributed by atoms with Crippen molar-refractivity contribution in [3.63, 3.8) is 0 Å². The van der Waals surface area contributed by atoms with Crippen molar-refractivity contribution < 1.29 is 43.0 Å². The van der Waals surface area contributed by atoms with Gasteiger partial charge in [-0.3, -0.25) is 14.1 Å². The molecule has 9 nitrogen and oxygen atoms in total. The highest BCUT2D eigenvalue weighted by atomic mass is 31.2. The zero-order chi connectivity index (χ0) is 35.6. The Hall–Kier alpha value is -2.03. The molecule has 0 fully saturated rings. The van der Waals surface area contributed by atoms with Crippen LogP contribution in [0.25, 0.3) is 0 Å². The molecule has 0 amide bonds. The van der Waals surface area contributed by atoms with Crippen LogP contribution in [0.1, 0.15) is 149 Å². The third kappa shape index (κ3) is 35.3. The van der Waals surface area contributed by atoms with Crippen molar-refractivity contribution in [2.24, 2.45) is 5.92 Å². The number of allylic oxidation sites excluding steroid dienone is 8. The molecule has 278 valence electrons. The number of aliphatic hydroxyl groups is 1. The Labute approximate surface area is 291 Å². The summed E-state index contributed by atoms with van der Waals surface area (Å²) in [7, 11) is -4.77. The number of phosphoric ester groups is 1. The molecule has 0 aromatic heterocycles. The number of aliphatic hydroxyl groups excluding tert-OH is 1. The second-order valence-electron chi connectivity index (χ2n) is 12.5. The van der Waals surface area contributed by atoms with Crippen molar-refractivity contribution in [3.05, 3.63) is 48.6 Å². The number of hydrogen-bond donors (Lipinski definition) is 3. The van der Waals surface area contributed by atoms with E-state index >= 15 is 0 Å². The molecule has 0 aliphatic carbocycles. The Kier molecular flexibility index (Phi) is 32.1. The van der Waals surface area contributed by atoms with Crippen molar-refractivity contribution in [3.8, 4) is 0 Å². The van der Waals surface area contributed by atoms with Crippen LogP contribution in [0.2, 0.25) is 0 Å². The van der Waals surface area contributed by atoms with Crippen LogP contribution in [0.4, 0.5) is 0 Å². The number of hydrogen-bond acceptors (Lipinski definition) is 7. The Morgan fingerprint density at radius 1 is 0.646 bits per heavy atom. The lowest BCUT2D eigenvalue weighted by Crippen LogP contribution is -2.29. The Morgan fingerprint density at radius 3 is 1.71 bits per heavy atom. The van der Waals surface area contributed by atoms with Crippen LogP contribution in [0.5, 0.6) is 0 Å². The van der Waals surface area contributed by atoms with Gasteiger partial charge in [-0.1, -0.05) is 127 Å². The van der Waals surface area contributed by atoms with Crippen LogP contribution in [-0.4, -0.2) is 52.8 Å². The Balaban J connectivity index is 4.09. The van der Waals surface area contributed by atoms with E-state index in [0.29, 0.717) is 19.3 Å². The van der Waals surface area contributed by atoms with E-state index in [9.17, 15) is 14.2 Å². The molecule has 3 N–H and O–H groups in total. The van der Waals surface area contributed by atoms with Gasteiger partial charge in [-0.15, -0.1) is 0 Å². The minimum absolute atomic E-state index is 0.181. The summed E-state index contributed by atoms with van der Waals surface area (Å²) in [5.41, 5.74) is 0. The highest BCUT2D eigenvalue weighted by molar-refractivity contribution is 7.46. The third-order valence-corrected chi connectivity index (χ3v) is 8.43. The summed E-state index contributed by atoms with van der Waals surface area (Å²) >= 11 is 0. The number of ether oxygens (including phenoxy) is 2. The van der Waals surface area contributed by atoms with Crippen molar-refractivity contribution in [1.29, 1.82) is 0 Å². The summed E-state index contributed by atoms with van der Waals surface area (Å²) < 4.78 is 26.2. The number of phosphoric acid groups is 1. The predicted molar refractivity (Wildman–Crippen MR) is 194 cm³/mol. The first-order valence-electron chi connectivity index (χ1n) is 18.4. The van der Waals surface area contributed by atoms with Crippen molar-refractivity contribution in [2.45, 2.75) is 155 Å². The molecule has 0 spiro atoms. The van der Waals surface area contributed by atoms with Gasteiger partial charge in [0, 0.05) is 19.4 Å². The average Bonchev–Trinajstić information content (AvgIpc) is 3.05. The molecule has 0 radical (unpaired) electrons. The van der Waals surface area contributed by atoms with Gasteiger partial charge >= 0.3 is 19.8 Å². The summed E-state index contributed by atoms with van der Waals surface area (Å²) in [6.45, 7) is 3.94. The standard InChI is InChI=1S/C38H67O9P/c1-3-35(2)29-25-21-17-14-15-19-23-27-31-38(41)47-36(34-46-48(42,43)44)33-45-37(40)30-26-22-18-13-11-9-7-5-4-6-8-10-12-16-20-24-28-32-39/h4,6-7,9-10,12-13,18,35-36,39H,3,5,8,11,14-17,19-34H2,1-2H3,(H2,42,43,44)/b6-4-,9-7-,12-10-,18-13-/t35?,36-/m1/s1.